The topological polar surface area (TPSA) is 74.6 Å². The van der Waals surface area contributed by atoms with Crippen LogP contribution in [0.3, 0.4) is 0 Å². The molecule has 0 aliphatic carbocycles. The predicted octanol–water partition coefficient (Wildman–Crippen LogP) is 4.27. The fourth-order valence-corrected chi connectivity index (χ4v) is 5.24. The fourth-order valence-electron chi connectivity index (χ4n) is 4.38. The van der Waals surface area contributed by atoms with Crippen molar-refractivity contribution >= 4 is 38.7 Å². The average Bonchev–Trinajstić information content (AvgIpc) is 3.46. The van der Waals surface area contributed by atoms with Crippen molar-refractivity contribution in [3.05, 3.63) is 83.8 Å². The van der Waals surface area contributed by atoms with E-state index in [1.54, 1.807) is 17.5 Å². The van der Waals surface area contributed by atoms with E-state index in [0.717, 1.165) is 65.4 Å². The monoisotopic (exact) mass is 468 g/mol. The molecular formula is C26H24N6OS. The third-order valence-electron chi connectivity index (χ3n) is 6.19. The van der Waals surface area contributed by atoms with Crippen molar-refractivity contribution in [2.75, 3.05) is 31.5 Å². The van der Waals surface area contributed by atoms with Gasteiger partial charge in [-0.3, -0.25) is 19.1 Å². The number of thiazole rings is 1. The summed E-state index contributed by atoms with van der Waals surface area (Å²) in [6.45, 7) is 5.07. The zero-order valence-electron chi connectivity index (χ0n) is 18.6. The van der Waals surface area contributed by atoms with Crippen LogP contribution >= 0.6 is 11.3 Å². The number of hydrogen-bond donors (Lipinski definition) is 2. The second kappa shape index (κ2) is 8.98. The standard InChI is InChI=1S/C26H24N6OS/c33-25(23-13-18-5-1-2-6-19(18)14-28-23)29-22-8-4-3-7-21(22)24-16-32-20(17-34-26(32)30-24)15-31-11-9-27-10-12-31/h1-8,13-14,16-17,27H,9-12,15H2,(H,29,33). The molecule has 1 fully saturated rings. The van der Waals surface area contributed by atoms with Crippen molar-refractivity contribution in [3.8, 4) is 11.3 Å². The zero-order valence-corrected chi connectivity index (χ0v) is 19.4. The molecule has 4 heterocycles. The molecule has 0 bridgehead atoms. The van der Waals surface area contributed by atoms with E-state index in [0.29, 0.717) is 5.69 Å². The molecule has 5 aromatic rings. The van der Waals surface area contributed by atoms with Crippen LogP contribution in [-0.2, 0) is 6.54 Å². The van der Waals surface area contributed by atoms with Crippen LogP contribution in [0.1, 0.15) is 16.2 Å². The molecule has 0 saturated carbocycles. The van der Waals surface area contributed by atoms with E-state index < -0.39 is 0 Å². The Balaban J connectivity index is 1.28. The van der Waals surface area contributed by atoms with Crippen LogP contribution in [0.15, 0.2) is 72.4 Å². The summed E-state index contributed by atoms with van der Waals surface area (Å²) in [6.07, 6.45) is 3.81. The number of para-hydroxylation sites is 1. The van der Waals surface area contributed by atoms with Crippen LogP contribution in [0, 0.1) is 0 Å². The first-order valence-corrected chi connectivity index (χ1v) is 12.3. The van der Waals surface area contributed by atoms with Crippen molar-refractivity contribution in [2.24, 2.45) is 0 Å². The number of rotatable bonds is 5. The molecule has 1 saturated heterocycles. The summed E-state index contributed by atoms with van der Waals surface area (Å²) in [4.78, 5) is 25.7. The molecule has 170 valence electrons. The first-order chi connectivity index (χ1) is 16.7. The van der Waals surface area contributed by atoms with E-state index in [4.69, 9.17) is 4.98 Å². The number of aromatic nitrogens is 3. The van der Waals surface area contributed by atoms with Crippen LogP contribution in [0.25, 0.3) is 27.0 Å². The normalized spacial score (nSPS) is 14.6. The lowest BCUT2D eigenvalue weighted by atomic mass is 10.1. The molecule has 3 aromatic heterocycles. The lowest BCUT2D eigenvalue weighted by Crippen LogP contribution is -2.43. The van der Waals surface area contributed by atoms with Gasteiger partial charge in [0.2, 0.25) is 0 Å². The smallest absolute Gasteiger partial charge is 0.274 e. The van der Waals surface area contributed by atoms with Gasteiger partial charge in [0.1, 0.15) is 5.69 Å². The van der Waals surface area contributed by atoms with Gasteiger partial charge >= 0.3 is 0 Å². The van der Waals surface area contributed by atoms with Gasteiger partial charge in [-0.05, 0) is 17.5 Å². The Morgan fingerprint density at radius 2 is 1.85 bits per heavy atom. The third-order valence-corrected chi connectivity index (χ3v) is 7.08. The van der Waals surface area contributed by atoms with E-state index in [1.165, 1.54) is 5.69 Å². The third kappa shape index (κ3) is 4.07. The molecule has 0 spiro atoms. The first kappa shape index (κ1) is 21.0. The Bertz CT molecular complexity index is 1480. The summed E-state index contributed by atoms with van der Waals surface area (Å²) in [5.74, 6) is -0.237. The second-order valence-corrected chi connectivity index (χ2v) is 9.28. The van der Waals surface area contributed by atoms with E-state index in [-0.39, 0.29) is 5.91 Å². The molecule has 0 radical (unpaired) electrons. The minimum atomic E-state index is -0.237. The number of amides is 1. The summed E-state index contributed by atoms with van der Waals surface area (Å²) >= 11 is 1.65. The number of carbonyl (C=O) groups excluding carboxylic acids is 1. The highest BCUT2D eigenvalue weighted by Crippen LogP contribution is 2.30. The summed E-state index contributed by atoms with van der Waals surface area (Å²) < 4.78 is 2.17. The van der Waals surface area contributed by atoms with Crippen LogP contribution in [0.5, 0.6) is 0 Å². The molecule has 2 aromatic carbocycles. The highest BCUT2D eigenvalue weighted by atomic mass is 32.1. The number of anilines is 1. The minimum Gasteiger partial charge on any atom is -0.320 e. The molecule has 1 aliphatic heterocycles. The Labute approximate surface area is 201 Å². The van der Waals surface area contributed by atoms with E-state index in [2.05, 4.69) is 36.5 Å². The minimum absolute atomic E-state index is 0.237. The van der Waals surface area contributed by atoms with Crippen molar-refractivity contribution in [2.45, 2.75) is 6.54 Å². The molecule has 34 heavy (non-hydrogen) atoms. The molecular weight excluding hydrogens is 444 g/mol. The van der Waals surface area contributed by atoms with Gasteiger partial charge in [0.15, 0.2) is 4.96 Å². The lowest BCUT2D eigenvalue weighted by Gasteiger charge is -2.26. The fraction of sp³-hybridized carbons (Fsp3) is 0.192. The van der Waals surface area contributed by atoms with E-state index in [1.807, 2.05) is 54.6 Å². The maximum Gasteiger partial charge on any atom is 0.274 e. The van der Waals surface area contributed by atoms with E-state index >= 15 is 0 Å². The molecule has 6 rings (SSSR count). The summed E-state index contributed by atoms with van der Waals surface area (Å²) in [5.41, 5.74) is 4.08. The Morgan fingerprint density at radius 3 is 2.74 bits per heavy atom. The van der Waals surface area contributed by atoms with Gasteiger partial charge in [0.05, 0.1) is 11.4 Å². The summed E-state index contributed by atoms with van der Waals surface area (Å²) in [6, 6.07) is 17.5. The molecule has 1 aliphatic rings. The van der Waals surface area contributed by atoms with Gasteiger partial charge in [-0.15, -0.1) is 11.3 Å². The number of hydrogen-bond acceptors (Lipinski definition) is 6. The highest BCUT2D eigenvalue weighted by Gasteiger charge is 2.17. The van der Waals surface area contributed by atoms with Crippen molar-refractivity contribution < 1.29 is 4.79 Å². The largest absolute Gasteiger partial charge is 0.320 e. The van der Waals surface area contributed by atoms with Gasteiger partial charge in [-0.25, -0.2) is 4.98 Å². The van der Waals surface area contributed by atoms with Gasteiger partial charge < -0.3 is 10.6 Å². The number of carbonyl (C=O) groups is 1. The lowest BCUT2D eigenvalue weighted by molar-refractivity contribution is 0.102. The van der Waals surface area contributed by atoms with Crippen LogP contribution < -0.4 is 10.6 Å². The van der Waals surface area contributed by atoms with Gasteiger partial charge in [-0.2, -0.15) is 0 Å². The maximum absolute atomic E-state index is 13.0. The van der Waals surface area contributed by atoms with Crippen LogP contribution in [-0.4, -0.2) is 51.4 Å². The van der Waals surface area contributed by atoms with Crippen molar-refractivity contribution in [1.29, 1.82) is 0 Å². The number of imidazole rings is 1. The van der Waals surface area contributed by atoms with Crippen LogP contribution in [0.4, 0.5) is 5.69 Å². The first-order valence-electron chi connectivity index (χ1n) is 11.4. The van der Waals surface area contributed by atoms with Gasteiger partial charge in [0, 0.05) is 67.1 Å². The average molecular weight is 469 g/mol. The Morgan fingerprint density at radius 1 is 1.06 bits per heavy atom. The number of pyridine rings is 1. The van der Waals surface area contributed by atoms with Crippen molar-refractivity contribution in [3.63, 3.8) is 0 Å². The van der Waals surface area contributed by atoms with Gasteiger partial charge in [0.25, 0.3) is 5.91 Å². The van der Waals surface area contributed by atoms with Gasteiger partial charge in [-0.1, -0.05) is 42.5 Å². The molecule has 1 amide bonds. The predicted molar refractivity (Wildman–Crippen MR) is 136 cm³/mol. The molecule has 2 N–H and O–H groups in total. The molecule has 7 nitrogen and oxygen atoms in total. The van der Waals surface area contributed by atoms with Crippen LogP contribution in [0.2, 0.25) is 0 Å². The second-order valence-electron chi connectivity index (χ2n) is 8.45. The van der Waals surface area contributed by atoms with E-state index in [9.17, 15) is 4.79 Å². The number of piperazine rings is 1. The quantitative estimate of drug-likeness (QED) is 0.403. The number of nitrogens with zero attached hydrogens (tertiary/aromatic N) is 4. The zero-order chi connectivity index (χ0) is 22.9. The number of fused-ring (bicyclic) bond motifs is 2. The summed E-state index contributed by atoms with van der Waals surface area (Å²) in [5, 5.41) is 10.6. The molecule has 8 heteroatoms. The Kier molecular flexibility index (Phi) is 5.54. The SMILES string of the molecule is O=C(Nc1ccccc1-c1cn2c(CN3CCNCC3)csc2n1)c1cc2ccccc2cn1. The highest BCUT2D eigenvalue weighted by molar-refractivity contribution is 7.15. The molecule has 0 unspecified atom stereocenters. The maximum atomic E-state index is 13.0. The number of nitrogens with one attached hydrogen (secondary N) is 2. The van der Waals surface area contributed by atoms with Crippen molar-refractivity contribution in [1.82, 2.24) is 24.6 Å². The Hall–Kier alpha value is -3.59. The summed E-state index contributed by atoms with van der Waals surface area (Å²) in [7, 11) is 0. The number of benzene rings is 2. The molecule has 0 atom stereocenters.